The molecule has 1 heterocycles. The third-order valence-electron chi connectivity index (χ3n) is 3.35. The fourth-order valence-corrected chi connectivity index (χ4v) is 1.96. The summed E-state index contributed by atoms with van der Waals surface area (Å²) in [5.74, 6) is 0.393. The summed E-state index contributed by atoms with van der Waals surface area (Å²) in [6, 6.07) is 0. The normalized spacial score (nSPS) is 12.4. The molecule has 106 valence electrons. The Morgan fingerprint density at radius 1 is 1.58 bits per heavy atom. The lowest BCUT2D eigenvalue weighted by Gasteiger charge is -2.28. The van der Waals surface area contributed by atoms with Gasteiger partial charge in [-0.2, -0.15) is 5.10 Å². The number of carbonyl (C=O) groups excluding carboxylic acids is 1. The van der Waals surface area contributed by atoms with Crippen molar-refractivity contribution in [1.82, 2.24) is 20.5 Å². The molecule has 8 heteroatoms. The van der Waals surface area contributed by atoms with Crippen LogP contribution in [-0.4, -0.2) is 38.7 Å². The minimum atomic E-state index is -0.962. The molecule has 1 aromatic rings. The van der Waals surface area contributed by atoms with Crippen LogP contribution in [-0.2, 0) is 11.2 Å². The van der Waals surface area contributed by atoms with Crippen LogP contribution in [0.4, 0.5) is 0 Å². The molecule has 0 spiro atoms. The summed E-state index contributed by atoms with van der Waals surface area (Å²) >= 11 is 0. The second-order valence-corrected chi connectivity index (χ2v) is 4.21. The molecule has 0 bridgehead atoms. The highest BCUT2D eigenvalue weighted by Gasteiger charge is 2.39. The van der Waals surface area contributed by atoms with Crippen molar-refractivity contribution in [1.29, 1.82) is 0 Å². The van der Waals surface area contributed by atoms with Crippen molar-refractivity contribution < 1.29 is 10.0 Å². The number of oxime groups is 1. The lowest BCUT2D eigenvalue weighted by atomic mass is 9.80. The van der Waals surface area contributed by atoms with E-state index in [-0.39, 0.29) is 11.7 Å². The Bertz CT molecular complexity index is 424. The third-order valence-corrected chi connectivity index (χ3v) is 3.35. The Morgan fingerprint density at radius 3 is 2.74 bits per heavy atom. The molecule has 0 saturated carbocycles. The maximum atomic E-state index is 12.2. The van der Waals surface area contributed by atoms with Gasteiger partial charge in [-0.25, -0.2) is 4.98 Å². The van der Waals surface area contributed by atoms with Crippen molar-refractivity contribution in [2.75, 3.05) is 6.54 Å². The standard InChI is InChI=1S/C11H20N6O2/c1-3-11(4-2,9(12)17-19)10(18)13-6-5-8-14-7-15-16-8/h7,19H,3-6H2,1-2H3,(H2,12,17)(H,13,18)(H,14,15,16). The summed E-state index contributed by atoms with van der Waals surface area (Å²) in [7, 11) is 0. The predicted octanol–water partition coefficient (Wildman–Crippen LogP) is 0.0162. The Kier molecular flexibility index (Phi) is 5.28. The van der Waals surface area contributed by atoms with E-state index in [0.29, 0.717) is 31.6 Å². The maximum Gasteiger partial charge on any atom is 0.233 e. The first-order chi connectivity index (χ1) is 9.10. The molecule has 1 rings (SSSR count). The molecule has 1 aromatic heterocycles. The summed E-state index contributed by atoms with van der Waals surface area (Å²) in [4.78, 5) is 16.2. The monoisotopic (exact) mass is 268 g/mol. The van der Waals surface area contributed by atoms with Gasteiger partial charge < -0.3 is 16.3 Å². The van der Waals surface area contributed by atoms with Crippen LogP contribution >= 0.6 is 0 Å². The lowest BCUT2D eigenvalue weighted by molar-refractivity contribution is -0.127. The number of carbonyl (C=O) groups is 1. The van der Waals surface area contributed by atoms with Gasteiger partial charge >= 0.3 is 0 Å². The zero-order chi connectivity index (χ0) is 14.3. The molecular weight excluding hydrogens is 248 g/mol. The second kappa shape index (κ2) is 6.72. The van der Waals surface area contributed by atoms with Crippen molar-refractivity contribution in [3.63, 3.8) is 0 Å². The van der Waals surface area contributed by atoms with Crippen molar-refractivity contribution in [2.45, 2.75) is 33.1 Å². The highest BCUT2D eigenvalue weighted by Crippen LogP contribution is 2.26. The molecule has 5 N–H and O–H groups in total. The summed E-state index contributed by atoms with van der Waals surface area (Å²) < 4.78 is 0. The van der Waals surface area contributed by atoms with E-state index in [2.05, 4.69) is 25.7 Å². The van der Waals surface area contributed by atoms with Crippen molar-refractivity contribution in [2.24, 2.45) is 16.3 Å². The topological polar surface area (TPSA) is 129 Å². The molecule has 19 heavy (non-hydrogen) atoms. The van der Waals surface area contributed by atoms with E-state index in [1.807, 2.05) is 13.8 Å². The first-order valence-corrected chi connectivity index (χ1v) is 6.21. The van der Waals surface area contributed by atoms with E-state index in [9.17, 15) is 4.79 Å². The van der Waals surface area contributed by atoms with Crippen LogP contribution in [0.1, 0.15) is 32.5 Å². The number of nitrogens with one attached hydrogen (secondary N) is 2. The van der Waals surface area contributed by atoms with Crippen LogP contribution in [0.5, 0.6) is 0 Å². The predicted molar refractivity (Wildman–Crippen MR) is 69.5 cm³/mol. The van der Waals surface area contributed by atoms with Crippen molar-refractivity contribution in [3.05, 3.63) is 12.2 Å². The molecule has 0 unspecified atom stereocenters. The Morgan fingerprint density at radius 2 is 2.26 bits per heavy atom. The fraction of sp³-hybridized carbons (Fsp3) is 0.636. The molecule has 1 amide bonds. The second-order valence-electron chi connectivity index (χ2n) is 4.21. The number of H-pyrrole nitrogens is 1. The van der Waals surface area contributed by atoms with Gasteiger partial charge in [-0.15, -0.1) is 0 Å². The number of amides is 1. The van der Waals surface area contributed by atoms with Gasteiger partial charge in [0.05, 0.1) is 0 Å². The summed E-state index contributed by atoms with van der Waals surface area (Å²) in [6.45, 7) is 4.07. The van der Waals surface area contributed by atoms with Gasteiger partial charge in [0.1, 0.15) is 17.6 Å². The molecule has 0 aromatic carbocycles. The molecule has 0 radical (unpaired) electrons. The van der Waals surface area contributed by atoms with Crippen molar-refractivity contribution in [3.8, 4) is 0 Å². The number of nitrogens with two attached hydrogens (primary N) is 1. The highest BCUT2D eigenvalue weighted by molar-refractivity contribution is 6.06. The molecule has 0 atom stereocenters. The number of aromatic nitrogens is 3. The van der Waals surface area contributed by atoms with Gasteiger partial charge in [0.2, 0.25) is 5.91 Å². The smallest absolute Gasteiger partial charge is 0.233 e. The summed E-state index contributed by atoms with van der Waals surface area (Å²) in [5.41, 5.74) is 4.69. The molecule has 0 fully saturated rings. The molecular formula is C11H20N6O2. The van der Waals surface area contributed by atoms with E-state index >= 15 is 0 Å². The highest BCUT2D eigenvalue weighted by atomic mass is 16.4. The SMILES string of the molecule is CCC(CC)(C(=O)NCCc1ncn[nH]1)C(N)=NO. The number of nitrogens with zero attached hydrogens (tertiary/aromatic N) is 3. The average molecular weight is 268 g/mol. The van der Waals surface area contributed by atoms with Crippen LogP contribution in [0.15, 0.2) is 11.5 Å². The van der Waals surface area contributed by atoms with Crippen molar-refractivity contribution >= 4 is 11.7 Å². The van der Waals surface area contributed by atoms with Crippen LogP contribution in [0.2, 0.25) is 0 Å². The number of amidine groups is 1. The van der Waals surface area contributed by atoms with Crippen LogP contribution in [0.25, 0.3) is 0 Å². The van der Waals surface area contributed by atoms with E-state index in [0.717, 1.165) is 0 Å². The average Bonchev–Trinajstić information content (AvgIpc) is 2.93. The van der Waals surface area contributed by atoms with Crippen LogP contribution in [0.3, 0.4) is 0 Å². The minimum absolute atomic E-state index is 0.0605. The van der Waals surface area contributed by atoms with Crippen LogP contribution < -0.4 is 11.1 Å². The Hall–Kier alpha value is -2.12. The Labute approximate surface area is 111 Å². The zero-order valence-electron chi connectivity index (χ0n) is 11.2. The molecule has 0 aliphatic rings. The maximum absolute atomic E-state index is 12.2. The number of rotatable bonds is 7. The number of hydrogen-bond donors (Lipinski definition) is 4. The summed E-state index contributed by atoms with van der Waals surface area (Å²) in [5, 5.41) is 21.0. The third kappa shape index (κ3) is 3.21. The van der Waals surface area contributed by atoms with Gasteiger partial charge in [-0.3, -0.25) is 9.89 Å². The van der Waals surface area contributed by atoms with Gasteiger partial charge in [-0.1, -0.05) is 19.0 Å². The Balaban J connectivity index is 2.63. The first kappa shape index (κ1) is 14.9. The largest absolute Gasteiger partial charge is 0.409 e. The van der Waals surface area contributed by atoms with E-state index in [1.165, 1.54) is 6.33 Å². The van der Waals surface area contributed by atoms with Gasteiger partial charge in [0.25, 0.3) is 0 Å². The van der Waals surface area contributed by atoms with E-state index in [4.69, 9.17) is 10.9 Å². The zero-order valence-corrected chi connectivity index (χ0v) is 11.2. The van der Waals surface area contributed by atoms with E-state index in [1.54, 1.807) is 0 Å². The minimum Gasteiger partial charge on any atom is -0.409 e. The fourth-order valence-electron chi connectivity index (χ4n) is 1.96. The molecule has 8 nitrogen and oxygen atoms in total. The van der Waals surface area contributed by atoms with Gasteiger partial charge in [0.15, 0.2) is 5.84 Å². The number of aromatic amines is 1. The first-order valence-electron chi connectivity index (χ1n) is 6.21. The lowest BCUT2D eigenvalue weighted by Crippen LogP contribution is -2.49. The van der Waals surface area contributed by atoms with Gasteiger partial charge in [-0.05, 0) is 12.8 Å². The van der Waals surface area contributed by atoms with Crippen LogP contribution in [0, 0.1) is 5.41 Å². The number of hydrogen-bond acceptors (Lipinski definition) is 5. The molecule has 0 aliphatic carbocycles. The van der Waals surface area contributed by atoms with Gasteiger partial charge in [0, 0.05) is 13.0 Å². The quantitative estimate of drug-likeness (QED) is 0.240. The molecule has 0 aliphatic heterocycles. The molecule has 0 saturated heterocycles. The summed E-state index contributed by atoms with van der Waals surface area (Å²) in [6.07, 6.45) is 2.89. The van der Waals surface area contributed by atoms with E-state index < -0.39 is 5.41 Å².